The molecule has 0 heterocycles. The monoisotopic (exact) mass is 315 g/mol. The molecule has 23 heavy (non-hydrogen) atoms. The molecule has 2 aromatic rings. The molecule has 0 saturated carbocycles. The smallest absolute Gasteiger partial charge is 0.259 e. The highest BCUT2D eigenvalue weighted by Crippen LogP contribution is 2.28. The van der Waals surface area contributed by atoms with Crippen molar-refractivity contribution in [2.24, 2.45) is 0 Å². The van der Waals surface area contributed by atoms with E-state index in [1.165, 1.54) is 19.2 Å². The minimum atomic E-state index is -0.407. The summed E-state index contributed by atoms with van der Waals surface area (Å²) in [6, 6.07) is 10.1. The van der Waals surface area contributed by atoms with Crippen molar-refractivity contribution >= 4 is 11.6 Å². The van der Waals surface area contributed by atoms with Gasteiger partial charge in [-0.2, -0.15) is 0 Å². The predicted molar refractivity (Wildman–Crippen MR) is 89.6 cm³/mol. The zero-order valence-electron chi connectivity index (χ0n) is 13.6. The summed E-state index contributed by atoms with van der Waals surface area (Å²) < 4.78 is 10.7. The van der Waals surface area contributed by atoms with Gasteiger partial charge in [-0.15, -0.1) is 0 Å². The van der Waals surface area contributed by atoms with Gasteiger partial charge in [0.2, 0.25) is 0 Å². The van der Waals surface area contributed by atoms with Gasteiger partial charge in [-0.3, -0.25) is 4.79 Å². The lowest BCUT2D eigenvalue weighted by Crippen LogP contribution is -2.13. The second-order valence-electron chi connectivity index (χ2n) is 5.19. The van der Waals surface area contributed by atoms with Gasteiger partial charge < -0.3 is 19.9 Å². The number of nitrogens with one attached hydrogen (secondary N) is 1. The van der Waals surface area contributed by atoms with Crippen molar-refractivity contribution in [3.05, 3.63) is 47.5 Å². The first-order valence-corrected chi connectivity index (χ1v) is 7.47. The number of hydrogen-bond donors (Lipinski definition) is 2. The molecule has 0 aliphatic heterocycles. The summed E-state index contributed by atoms with van der Waals surface area (Å²) in [6.07, 6.45) is 0.876. The number of phenolic OH excluding ortho intramolecular Hbond substituents is 1. The van der Waals surface area contributed by atoms with Crippen LogP contribution in [-0.2, 0) is 0 Å². The zero-order chi connectivity index (χ0) is 16.8. The number of anilines is 1. The fourth-order valence-corrected chi connectivity index (χ4v) is 2.08. The lowest BCUT2D eigenvalue weighted by Gasteiger charge is -2.13. The third-order valence-corrected chi connectivity index (χ3v) is 3.30. The molecule has 5 heteroatoms. The maximum absolute atomic E-state index is 12.4. The molecular weight excluding hydrogens is 294 g/mol. The molecule has 0 spiro atoms. The average molecular weight is 315 g/mol. The Morgan fingerprint density at radius 3 is 2.65 bits per heavy atom. The van der Waals surface area contributed by atoms with Crippen molar-refractivity contribution in [2.75, 3.05) is 19.0 Å². The van der Waals surface area contributed by atoms with Crippen LogP contribution in [0.25, 0.3) is 0 Å². The van der Waals surface area contributed by atoms with Crippen LogP contribution in [0.2, 0.25) is 0 Å². The standard InChI is InChI=1S/C18H21NO4/c1-4-9-23-17-10-12(2)5-8-15(17)19-18(21)14-7-6-13(22-3)11-16(14)20/h5-8,10-11,20H,4,9H2,1-3H3,(H,19,21). The van der Waals surface area contributed by atoms with Crippen LogP contribution in [0.1, 0.15) is 29.3 Å². The van der Waals surface area contributed by atoms with Gasteiger partial charge in [0.05, 0.1) is 25.0 Å². The van der Waals surface area contributed by atoms with E-state index in [2.05, 4.69) is 5.32 Å². The Kier molecular flexibility index (Phi) is 5.46. The molecule has 0 radical (unpaired) electrons. The quantitative estimate of drug-likeness (QED) is 0.852. The number of aromatic hydroxyl groups is 1. The molecule has 2 rings (SSSR count). The summed E-state index contributed by atoms with van der Waals surface area (Å²) in [4.78, 5) is 12.4. The van der Waals surface area contributed by atoms with Crippen LogP contribution in [0.4, 0.5) is 5.69 Å². The van der Waals surface area contributed by atoms with Crippen LogP contribution in [0.3, 0.4) is 0 Å². The highest BCUT2D eigenvalue weighted by Gasteiger charge is 2.14. The Hall–Kier alpha value is -2.69. The third-order valence-electron chi connectivity index (χ3n) is 3.30. The summed E-state index contributed by atoms with van der Waals surface area (Å²) in [5, 5.41) is 12.7. The maximum atomic E-state index is 12.4. The molecule has 0 atom stereocenters. The van der Waals surface area contributed by atoms with Crippen molar-refractivity contribution in [2.45, 2.75) is 20.3 Å². The molecule has 1 amide bonds. The molecule has 2 aromatic carbocycles. The Morgan fingerprint density at radius 2 is 2.00 bits per heavy atom. The van der Waals surface area contributed by atoms with Crippen molar-refractivity contribution < 1.29 is 19.4 Å². The van der Waals surface area contributed by atoms with Crippen molar-refractivity contribution in [3.63, 3.8) is 0 Å². The summed E-state index contributed by atoms with van der Waals surface area (Å²) in [5.41, 5.74) is 1.79. The van der Waals surface area contributed by atoms with E-state index in [-0.39, 0.29) is 11.3 Å². The highest BCUT2D eigenvalue weighted by atomic mass is 16.5. The van der Waals surface area contributed by atoms with Gasteiger partial charge in [-0.1, -0.05) is 13.0 Å². The SMILES string of the molecule is CCCOc1cc(C)ccc1NC(=O)c1ccc(OC)cc1O. The molecule has 5 nitrogen and oxygen atoms in total. The molecule has 0 bridgehead atoms. The highest BCUT2D eigenvalue weighted by molar-refractivity contribution is 6.06. The molecule has 122 valence electrons. The van der Waals surface area contributed by atoms with E-state index in [9.17, 15) is 9.90 Å². The van der Waals surface area contributed by atoms with Crippen LogP contribution < -0.4 is 14.8 Å². The van der Waals surface area contributed by atoms with Crippen molar-refractivity contribution in [1.82, 2.24) is 0 Å². The van der Waals surface area contributed by atoms with E-state index in [1.807, 2.05) is 26.0 Å². The maximum Gasteiger partial charge on any atom is 0.259 e. The minimum Gasteiger partial charge on any atom is -0.507 e. The number of hydrogen-bond acceptors (Lipinski definition) is 4. The number of rotatable bonds is 6. The number of benzene rings is 2. The number of carbonyl (C=O) groups is 1. The van der Waals surface area contributed by atoms with Gasteiger partial charge in [0.1, 0.15) is 17.2 Å². The van der Waals surface area contributed by atoms with E-state index in [4.69, 9.17) is 9.47 Å². The van der Waals surface area contributed by atoms with Crippen LogP contribution in [-0.4, -0.2) is 24.7 Å². The largest absolute Gasteiger partial charge is 0.507 e. The zero-order valence-corrected chi connectivity index (χ0v) is 13.6. The Labute approximate surface area is 135 Å². The first-order valence-electron chi connectivity index (χ1n) is 7.47. The molecule has 0 aliphatic carbocycles. The van der Waals surface area contributed by atoms with E-state index >= 15 is 0 Å². The fourth-order valence-electron chi connectivity index (χ4n) is 2.08. The molecule has 0 aliphatic rings. The van der Waals surface area contributed by atoms with E-state index in [0.29, 0.717) is 23.8 Å². The van der Waals surface area contributed by atoms with Gasteiger partial charge in [0, 0.05) is 6.07 Å². The van der Waals surface area contributed by atoms with Gasteiger partial charge in [-0.25, -0.2) is 0 Å². The number of aryl methyl sites for hydroxylation is 1. The topological polar surface area (TPSA) is 67.8 Å². The predicted octanol–water partition coefficient (Wildman–Crippen LogP) is 3.75. The van der Waals surface area contributed by atoms with E-state index in [1.54, 1.807) is 12.1 Å². The molecule has 0 aromatic heterocycles. The summed E-state index contributed by atoms with van der Waals surface area (Å²) in [7, 11) is 1.50. The van der Waals surface area contributed by atoms with Gasteiger partial charge in [0.15, 0.2) is 0 Å². The Morgan fingerprint density at radius 1 is 1.22 bits per heavy atom. The number of phenols is 1. The van der Waals surface area contributed by atoms with Crippen LogP contribution in [0, 0.1) is 6.92 Å². The molecule has 2 N–H and O–H groups in total. The van der Waals surface area contributed by atoms with Gasteiger partial charge in [-0.05, 0) is 43.2 Å². The Bertz CT molecular complexity index is 697. The summed E-state index contributed by atoms with van der Waals surface area (Å²) in [5.74, 6) is 0.565. The molecular formula is C18H21NO4. The number of methoxy groups -OCH3 is 1. The van der Waals surface area contributed by atoms with Gasteiger partial charge >= 0.3 is 0 Å². The van der Waals surface area contributed by atoms with Gasteiger partial charge in [0.25, 0.3) is 5.91 Å². The number of ether oxygens (including phenoxy) is 2. The van der Waals surface area contributed by atoms with E-state index in [0.717, 1.165) is 12.0 Å². The number of amides is 1. The van der Waals surface area contributed by atoms with E-state index < -0.39 is 5.91 Å². The first kappa shape index (κ1) is 16.7. The molecule has 0 fully saturated rings. The fraction of sp³-hybridized carbons (Fsp3) is 0.278. The minimum absolute atomic E-state index is 0.134. The Balaban J connectivity index is 2.23. The summed E-state index contributed by atoms with van der Waals surface area (Å²) in [6.45, 7) is 4.54. The lowest BCUT2D eigenvalue weighted by atomic mass is 10.1. The first-order chi connectivity index (χ1) is 11.0. The normalized spacial score (nSPS) is 10.2. The summed E-state index contributed by atoms with van der Waals surface area (Å²) >= 11 is 0. The van der Waals surface area contributed by atoms with Crippen molar-refractivity contribution in [1.29, 1.82) is 0 Å². The molecule has 0 saturated heterocycles. The second-order valence-corrected chi connectivity index (χ2v) is 5.19. The average Bonchev–Trinajstić information content (AvgIpc) is 2.54. The lowest BCUT2D eigenvalue weighted by molar-refractivity contribution is 0.102. The third kappa shape index (κ3) is 4.16. The number of carbonyl (C=O) groups excluding carboxylic acids is 1. The van der Waals surface area contributed by atoms with Crippen LogP contribution in [0.15, 0.2) is 36.4 Å². The second kappa shape index (κ2) is 7.54. The molecule has 0 unspecified atom stereocenters. The van der Waals surface area contributed by atoms with Crippen molar-refractivity contribution in [3.8, 4) is 17.2 Å². The van der Waals surface area contributed by atoms with Crippen LogP contribution >= 0.6 is 0 Å². The van der Waals surface area contributed by atoms with Crippen LogP contribution in [0.5, 0.6) is 17.2 Å².